The summed E-state index contributed by atoms with van der Waals surface area (Å²) in [6.07, 6.45) is 0. The molecule has 0 saturated heterocycles. The number of benzene rings is 1. The van der Waals surface area contributed by atoms with Crippen LogP contribution >= 0.6 is 11.6 Å². The Balaban J connectivity index is 2.62. The van der Waals surface area contributed by atoms with E-state index in [4.69, 9.17) is 17.3 Å². The van der Waals surface area contributed by atoms with Crippen LogP contribution in [0.3, 0.4) is 0 Å². The molecule has 16 heavy (non-hydrogen) atoms. The highest BCUT2D eigenvalue weighted by Gasteiger charge is 2.12. The maximum absolute atomic E-state index is 13.5. The molecule has 0 unspecified atom stereocenters. The van der Waals surface area contributed by atoms with Crippen LogP contribution in [0, 0.1) is 12.7 Å². The van der Waals surface area contributed by atoms with Crippen molar-refractivity contribution in [3.05, 3.63) is 34.9 Å². The third-order valence-electron chi connectivity index (χ3n) is 2.00. The Kier molecular flexibility index (Phi) is 2.70. The molecule has 0 radical (unpaired) electrons. The van der Waals surface area contributed by atoms with Crippen LogP contribution in [-0.2, 0) is 0 Å². The maximum atomic E-state index is 13.5. The van der Waals surface area contributed by atoms with Crippen LogP contribution in [0.5, 0.6) is 0 Å². The summed E-state index contributed by atoms with van der Waals surface area (Å²) in [5.74, 6) is 0.105. The lowest BCUT2D eigenvalue weighted by atomic mass is 10.1. The Bertz CT molecular complexity index is 544. The first-order valence-corrected chi connectivity index (χ1v) is 4.88. The highest BCUT2D eigenvalue weighted by molar-refractivity contribution is 6.30. The predicted molar refractivity (Wildman–Crippen MR) is 59.4 cm³/mol. The molecular weight excluding hydrogens is 231 g/mol. The predicted octanol–water partition coefficient (Wildman–Crippen LogP) is 2.22. The highest BCUT2D eigenvalue weighted by atomic mass is 35.5. The molecule has 0 aliphatic rings. The van der Waals surface area contributed by atoms with Crippen molar-refractivity contribution in [2.24, 2.45) is 0 Å². The summed E-state index contributed by atoms with van der Waals surface area (Å²) in [6, 6.07) is 4.14. The zero-order chi connectivity index (χ0) is 11.7. The van der Waals surface area contributed by atoms with Crippen molar-refractivity contribution < 1.29 is 4.39 Å². The number of nitrogens with zero attached hydrogens (tertiary/aromatic N) is 3. The van der Waals surface area contributed by atoms with Gasteiger partial charge in [-0.3, -0.25) is 0 Å². The zero-order valence-corrected chi connectivity index (χ0v) is 9.16. The number of nitrogen functional groups attached to an aromatic ring is 1. The second kappa shape index (κ2) is 4.02. The lowest BCUT2D eigenvalue weighted by molar-refractivity contribution is 0.630. The molecule has 0 aliphatic carbocycles. The summed E-state index contributed by atoms with van der Waals surface area (Å²) in [4.78, 5) is 3.92. The number of hydrogen-bond donors (Lipinski definition) is 1. The van der Waals surface area contributed by atoms with Crippen LogP contribution in [-0.4, -0.2) is 15.2 Å². The van der Waals surface area contributed by atoms with E-state index in [9.17, 15) is 4.39 Å². The van der Waals surface area contributed by atoms with Gasteiger partial charge in [-0.25, -0.2) is 9.37 Å². The van der Waals surface area contributed by atoms with Crippen LogP contribution in [0.2, 0.25) is 5.02 Å². The quantitative estimate of drug-likeness (QED) is 0.827. The lowest BCUT2D eigenvalue weighted by Crippen LogP contribution is -2.03. The fourth-order valence-electron chi connectivity index (χ4n) is 1.29. The number of hydrogen-bond acceptors (Lipinski definition) is 4. The van der Waals surface area contributed by atoms with Crippen molar-refractivity contribution in [3.63, 3.8) is 0 Å². The summed E-state index contributed by atoms with van der Waals surface area (Å²) >= 11 is 5.77. The van der Waals surface area contributed by atoms with E-state index in [2.05, 4.69) is 15.2 Å². The van der Waals surface area contributed by atoms with Crippen molar-refractivity contribution >= 4 is 17.4 Å². The van der Waals surface area contributed by atoms with Crippen LogP contribution in [0.15, 0.2) is 18.2 Å². The molecule has 82 valence electrons. The third-order valence-corrected chi connectivity index (χ3v) is 2.24. The maximum Gasteiger partial charge on any atom is 0.154 e. The molecule has 0 spiro atoms. The number of halogens is 2. The highest BCUT2D eigenvalue weighted by Crippen LogP contribution is 2.26. The average molecular weight is 239 g/mol. The third kappa shape index (κ3) is 1.94. The van der Waals surface area contributed by atoms with Gasteiger partial charge < -0.3 is 5.73 Å². The smallest absolute Gasteiger partial charge is 0.154 e. The van der Waals surface area contributed by atoms with Gasteiger partial charge in [0, 0.05) is 10.6 Å². The normalized spacial score (nSPS) is 10.4. The van der Waals surface area contributed by atoms with Gasteiger partial charge in [-0.1, -0.05) is 11.6 Å². The fourth-order valence-corrected chi connectivity index (χ4v) is 1.47. The summed E-state index contributed by atoms with van der Waals surface area (Å²) in [5.41, 5.74) is 6.05. The van der Waals surface area contributed by atoms with Gasteiger partial charge in [0.1, 0.15) is 17.3 Å². The number of aromatic nitrogens is 3. The Labute approximate surface area is 96.3 Å². The molecule has 1 heterocycles. The fraction of sp³-hybridized carbons (Fsp3) is 0.100. The largest absolute Gasteiger partial charge is 0.382 e. The molecule has 1 aromatic heterocycles. The topological polar surface area (TPSA) is 64.7 Å². The van der Waals surface area contributed by atoms with Gasteiger partial charge in [0.25, 0.3) is 0 Å². The van der Waals surface area contributed by atoms with Crippen molar-refractivity contribution in [2.45, 2.75) is 6.92 Å². The number of anilines is 1. The molecule has 0 amide bonds. The van der Waals surface area contributed by atoms with E-state index in [0.29, 0.717) is 10.8 Å². The van der Waals surface area contributed by atoms with Crippen molar-refractivity contribution in [2.75, 3.05) is 5.73 Å². The molecule has 0 atom stereocenters. The summed E-state index contributed by atoms with van der Waals surface area (Å²) in [7, 11) is 0. The Hall–Kier alpha value is -1.75. The molecule has 2 N–H and O–H groups in total. The van der Waals surface area contributed by atoms with Gasteiger partial charge in [0.15, 0.2) is 5.82 Å². The molecule has 0 aliphatic heterocycles. The van der Waals surface area contributed by atoms with Crippen molar-refractivity contribution in [3.8, 4) is 11.3 Å². The van der Waals surface area contributed by atoms with Crippen LogP contribution in [0.1, 0.15) is 5.82 Å². The minimum absolute atomic E-state index is 0.133. The second-order valence-corrected chi connectivity index (χ2v) is 3.65. The first-order chi connectivity index (χ1) is 7.58. The molecule has 0 saturated carbocycles. The summed E-state index contributed by atoms with van der Waals surface area (Å²) in [5, 5.41) is 7.95. The van der Waals surface area contributed by atoms with Crippen LogP contribution in [0.25, 0.3) is 11.3 Å². The van der Waals surface area contributed by atoms with E-state index in [1.807, 2.05) is 0 Å². The van der Waals surface area contributed by atoms with Crippen molar-refractivity contribution in [1.29, 1.82) is 0 Å². The van der Waals surface area contributed by atoms with Gasteiger partial charge >= 0.3 is 0 Å². The Morgan fingerprint density at radius 3 is 2.75 bits per heavy atom. The van der Waals surface area contributed by atoms with Gasteiger partial charge in [0.2, 0.25) is 0 Å². The summed E-state index contributed by atoms with van der Waals surface area (Å²) < 4.78 is 13.5. The number of aryl methyl sites for hydroxylation is 1. The minimum atomic E-state index is -0.462. The molecule has 2 rings (SSSR count). The van der Waals surface area contributed by atoms with E-state index in [1.54, 1.807) is 6.92 Å². The van der Waals surface area contributed by atoms with Gasteiger partial charge in [-0.15, -0.1) is 10.2 Å². The second-order valence-electron chi connectivity index (χ2n) is 3.22. The minimum Gasteiger partial charge on any atom is -0.382 e. The van der Waals surface area contributed by atoms with Crippen LogP contribution < -0.4 is 5.73 Å². The first kappa shape index (κ1) is 10.8. The Morgan fingerprint density at radius 1 is 1.31 bits per heavy atom. The van der Waals surface area contributed by atoms with E-state index in [0.717, 1.165) is 0 Å². The van der Waals surface area contributed by atoms with Crippen molar-refractivity contribution in [1.82, 2.24) is 15.2 Å². The van der Waals surface area contributed by atoms with Gasteiger partial charge in [-0.2, -0.15) is 0 Å². The van der Waals surface area contributed by atoms with E-state index in [-0.39, 0.29) is 17.1 Å². The molecular formula is C10H8ClFN4. The molecule has 0 fully saturated rings. The monoisotopic (exact) mass is 238 g/mol. The van der Waals surface area contributed by atoms with Gasteiger partial charge in [0.05, 0.1) is 0 Å². The van der Waals surface area contributed by atoms with E-state index >= 15 is 0 Å². The van der Waals surface area contributed by atoms with E-state index in [1.165, 1.54) is 18.2 Å². The molecule has 1 aromatic carbocycles. The number of rotatable bonds is 1. The average Bonchev–Trinajstić information content (AvgIpc) is 2.22. The first-order valence-electron chi connectivity index (χ1n) is 4.50. The summed E-state index contributed by atoms with van der Waals surface area (Å²) in [6.45, 7) is 1.65. The zero-order valence-electron chi connectivity index (χ0n) is 8.41. The van der Waals surface area contributed by atoms with Crippen LogP contribution in [0.4, 0.5) is 10.2 Å². The lowest BCUT2D eigenvalue weighted by Gasteiger charge is -2.05. The molecule has 4 nitrogen and oxygen atoms in total. The molecule has 2 aromatic rings. The molecule has 0 bridgehead atoms. The standard InChI is InChI=1S/C10H8ClFN4/c1-5-14-10(13)9(16-15-5)7-4-6(11)2-3-8(7)12/h2-4H,1H3,(H2,13,14,15). The molecule has 6 heteroatoms. The van der Waals surface area contributed by atoms with Gasteiger partial charge in [-0.05, 0) is 25.1 Å². The SMILES string of the molecule is Cc1nnc(-c2cc(Cl)ccc2F)c(N)n1. The number of nitrogens with two attached hydrogens (primary N) is 1. The Morgan fingerprint density at radius 2 is 2.06 bits per heavy atom. The van der Waals surface area contributed by atoms with E-state index < -0.39 is 5.82 Å².